The van der Waals surface area contributed by atoms with Gasteiger partial charge in [0, 0.05) is 18.1 Å². The maximum atomic E-state index is 11.8. The van der Waals surface area contributed by atoms with Gasteiger partial charge in [-0.15, -0.1) is 6.58 Å². The standard InChI is InChI=1S/C22H27ClN2O3/c1-3-14-25(2)15-4-5-16-27-20-10-6-18(7-11-20)17-24-22(26)28-21-12-8-19(23)9-13-21/h3,6-13H,1,4-5,14-17H2,2H3,(H,24,26). The van der Waals surface area contributed by atoms with Crippen LogP contribution >= 0.6 is 11.6 Å². The molecule has 0 bridgehead atoms. The van der Waals surface area contributed by atoms with E-state index in [0.717, 1.165) is 37.2 Å². The van der Waals surface area contributed by atoms with Crippen LogP contribution in [0.3, 0.4) is 0 Å². The fourth-order valence-corrected chi connectivity index (χ4v) is 2.63. The van der Waals surface area contributed by atoms with Crippen LogP contribution in [0.1, 0.15) is 18.4 Å². The number of ether oxygens (including phenoxy) is 2. The van der Waals surface area contributed by atoms with Crippen LogP contribution in [0.25, 0.3) is 0 Å². The molecular formula is C22H27ClN2O3. The quantitative estimate of drug-likeness (QED) is 0.428. The van der Waals surface area contributed by atoms with Gasteiger partial charge in [-0.05, 0) is 68.4 Å². The monoisotopic (exact) mass is 402 g/mol. The first kappa shape index (κ1) is 21.8. The first-order chi connectivity index (χ1) is 13.6. The third-order valence-electron chi connectivity index (χ3n) is 4.03. The second-order valence-electron chi connectivity index (χ2n) is 6.45. The Labute approximate surface area is 171 Å². The fraction of sp³-hybridized carbons (Fsp3) is 0.318. The summed E-state index contributed by atoms with van der Waals surface area (Å²) in [7, 11) is 2.08. The summed E-state index contributed by atoms with van der Waals surface area (Å²) >= 11 is 5.80. The van der Waals surface area contributed by atoms with E-state index in [4.69, 9.17) is 21.1 Å². The Bertz CT molecular complexity index is 732. The summed E-state index contributed by atoms with van der Waals surface area (Å²) in [4.78, 5) is 14.1. The maximum Gasteiger partial charge on any atom is 0.412 e. The minimum absolute atomic E-state index is 0.377. The van der Waals surface area contributed by atoms with Gasteiger partial charge in [0.1, 0.15) is 11.5 Å². The molecule has 1 N–H and O–H groups in total. The van der Waals surface area contributed by atoms with E-state index in [1.54, 1.807) is 24.3 Å². The first-order valence-corrected chi connectivity index (χ1v) is 9.67. The number of hydrogen-bond acceptors (Lipinski definition) is 4. The summed E-state index contributed by atoms with van der Waals surface area (Å²) in [5.41, 5.74) is 0.964. The first-order valence-electron chi connectivity index (χ1n) is 9.29. The van der Waals surface area contributed by atoms with Crippen molar-refractivity contribution in [2.24, 2.45) is 0 Å². The third kappa shape index (κ3) is 8.46. The van der Waals surface area contributed by atoms with Crippen molar-refractivity contribution in [2.75, 3.05) is 26.7 Å². The van der Waals surface area contributed by atoms with Crippen molar-refractivity contribution >= 4 is 17.7 Å². The van der Waals surface area contributed by atoms with Gasteiger partial charge in [-0.2, -0.15) is 0 Å². The smallest absolute Gasteiger partial charge is 0.412 e. The Balaban J connectivity index is 1.64. The third-order valence-corrected chi connectivity index (χ3v) is 4.28. The number of amides is 1. The van der Waals surface area contributed by atoms with Gasteiger partial charge >= 0.3 is 6.09 Å². The zero-order valence-electron chi connectivity index (χ0n) is 16.2. The lowest BCUT2D eigenvalue weighted by molar-refractivity contribution is 0.200. The van der Waals surface area contributed by atoms with Gasteiger partial charge in [-0.1, -0.05) is 29.8 Å². The van der Waals surface area contributed by atoms with E-state index >= 15 is 0 Å². The summed E-state index contributed by atoms with van der Waals surface area (Å²) in [5.74, 6) is 1.27. The van der Waals surface area contributed by atoms with Gasteiger partial charge in [0.05, 0.1) is 6.61 Å². The fourth-order valence-electron chi connectivity index (χ4n) is 2.51. The van der Waals surface area contributed by atoms with Crippen molar-refractivity contribution in [3.8, 4) is 11.5 Å². The molecule has 0 atom stereocenters. The van der Waals surface area contributed by atoms with Crippen LogP contribution in [0.2, 0.25) is 5.02 Å². The van der Waals surface area contributed by atoms with Crippen LogP contribution in [-0.2, 0) is 6.54 Å². The van der Waals surface area contributed by atoms with Gasteiger partial charge in [0.2, 0.25) is 0 Å². The van der Waals surface area contributed by atoms with Crippen molar-refractivity contribution in [3.63, 3.8) is 0 Å². The molecule has 2 rings (SSSR count). The molecule has 0 fully saturated rings. The summed E-state index contributed by atoms with van der Waals surface area (Å²) < 4.78 is 10.9. The van der Waals surface area contributed by atoms with Crippen molar-refractivity contribution < 1.29 is 14.3 Å². The molecule has 28 heavy (non-hydrogen) atoms. The predicted octanol–water partition coefficient (Wildman–Crippen LogP) is 4.91. The number of benzene rings is 2. The van der Waals surface area contributed by atoms with E-state index < -0.39 is 6.09 Å². The molecule has 0 saturated heterocycles. The highest BCUT2D eigenvalue weighted by Gasteiger charge is 2.04. The number of halogens is 1. The molecule has 0 aliphatic heterocycles. The number of rotatable bonds is 11. The predicted molar refractivity (Wildman–Crippen MR) is 113 cm³/mol. The SMILES string of the molecule is C=CCN(C)CCCCOc1ccc(CNC(=O)Oc2ccc(Cl)cc2)cc1. The summed E-state index contributed by atoms with van der Waals surface area (Å²) in [6.07, 6.45) is 3.48. The highest BCUT2D eigenvalue weighted by molar-refractivity contribution is 6.30. The molecule has 0 spiro atoms. The van der Waals surface area contributed by atoms with E-state index in [1.807, 2.05) is 30.3 Å². The molecule has 6 heteroatoms. The Morgan fingerprint density at radius 1 is 1.11 bits per heavy atom. The molecule has 1 amide bonds. The van der Waals surface area contributed by atoms with Crippen LogP contribution in [0.4, 0.5) is 4.79 Å². The Morgan fingerprint density at radius 3 is 2.46 bits per heavy atom. The normalized spacial score (nSPS) is 10.5. The number of carbonyl (C=O) groups excluding carboxylic acids is 1. The number of carbonyl (C=O) groups is 1. The lowest BCUT2D eigenvalue weighted by atomic mass is 10.2. The van der Waals surface area contributed by atoms with E-state index in [2.05, 4.69) is 23.8 Å². The molecule has 0 aliphatic carbocycles. The van der Waals surface area contributed by atoms with E-state index in [9.17, 15) is 4.79 Å². The Hall–Kier alpha value is -2.50. The van der Waals surface area contributed by atoms with Crippen LogP contribution in [0.15, 0.2) is 61.2 Å². The van der Waals surface area contributed by atoms with Crippen molar-refractivity contribution in [1.82, 2.24) is 10.2 Å². The van der Waals surface area contributed by atoms with Crippen LogP contribution in [0, 0.1) is 0 Å². The van der Waals surface area contributed by atoms with Crippen LogP contribution in [-0.4, -0.2) is 37.7 Å². The maximum absolute atomic E-state index is 11.8. The highest BCUT2D eigenvalue weighted by Crippen LogP contribution is 2.16. The molecule has 0 radical (unpaired) electrons. The van der Waals surface area contributed by atoms with Gasteiger partial charge in [-0.3, -0.25) is 0 Å². The molecule has 5 nitrogen and oxygen atoms in total. The topological polar surface area (TPSA) is 50.8 Å². The van der Waals surface area contributed by atoms with Crippen molar-refractivity contribution in [3.05, 3.63) is 71.8 Å². The molecule has 0 aliphatic rings. The molecule has 0 heterocycles. The molecule has 0 unspecified atom stereocenters. The molecule has 2 aromatic rings. The van der Waals surface area contributed by atoms with E-state index in [0.29, 0.717) is 23.9 Å². The Kier molecular flexibility index (Phi) is 9.39. The van der Waals surface area contributed by atoms with E-state index in [1.165, 1.54) is 0 Å². The lowest BCUT2D eigenvalue weighted by Crippen LogP contribution is -2.26. The molecular weight excluding hydrogens is 376 g/mol. The summed E-state index contributed by atoms with van der Waals surface area (Å²) in [6.45, 7) is 6.74. The van der Waals surface area contributed by atoms with Crippen LogP contribution < -0.4 is 14.8 Å². The highest BCUT2D eigenvalue weighted by atomic mass is 35.5. The minimum Gasteiger partial charge on any atom is -0.494 e. The second kappa shape index (κ2) is 12.1. The number of hydrogen-bond donors (Lipinski definition) is 1. The zero-order valence-corrected chi connectivity index (χ0v) is 17.0. The average Bonchev–Trinajstić information content (AvgIpc) is 2.69. The summed E-state index contributed by atoms with van der Waals surface area (Å²) in [5, 5.41) is 3.31. The number of unbranched alkanes of at least 4 members (excludes halogenated alkanes) is 1. The lowest BCUT2D eigenvalue weighted by Gasteiger charge is -2.14. The zero-order chi connectivity index (χ0) is 20.2. The van der Waals surface area contributed by atoms with Gasteiger partial charge in [0.25, 0.3) is 0 Å². The number of likely N-dealkylation sites (N-methyl/N-ethyl adjacent to an activating group) is 1. The largest absolute Gasteiger partial charge is 0.494 e. The van der Waals surface area contributed by atoms with Gasteiger partial charge < -0.3 is 19.7 Å². The number of nitrogens with one attached hydrogen (secondary N) is 1. The summed E-state index contributed by atoms with van der Waals surface area (Å²) in [6, 6.07) is 14.3. The Morgan fingerprint density at radius 2 is 1.79 bits per heavy atom. The van der Waals surface area contributed by atoms with E-state index in [-0.39, 0.29) is 0 Å². The molecule has 0 saturated carbocycles. The molecule has 2 aromatic carbocycles. The molecule has 150 valence electrons. The van der Waals surface area contributed by atoms with Crippen LogP contribution in [0.5, 0.6) is 11.5 Å². The van der Waals surface area contributed by atoms with Gasteiger partial charge in [0.15, 0.2) is 0 Å². The number of nitrogens with zero attached hydrogens (tertiary/aromatic N) is 1. The van der Waals surface area contributed by atoms with Crippen molar-refractivity contribution in [1.29, 1.82) is 0 Å². The second-order valence-corrected chi connectivity index (χ2v) is 6.88. The van der Waals surface area contributed by atoms with Gasteiger partial charge in [-0.25, -0.2) is 4.79 Å². The van der Waals surface area contributed by atoms with Crippen molar-refractivity contribution in [2.45, 2.75) is 19.4 Å². The molecule has 0 aromatic heterocycles. The average molecular weight is 403 g/mol. The minimum atomic E-state index is -0.510.